The molecule has 13 heavy (non-hydrogen) atoms. The molecule has 0 fully saturated rings. The van der Waals surface area contributed by atoms with E-state index >= 15 is 0 Å². The van der Waals surface area contributed by atoms with Gasteiger partial charge >= 0.3 is 0 Å². The van der Waals surface area contributed by atoms with Crippen LogP contribution >= 0.6 is 0 Å². The number of amides is 1. The van der Waals surface area contributed by atoms with Gasteiger partial charge in [0.2, 0.25) is 0 Å². The molecule has 0 bridgehead atoms. The first kappa shape index (κ1) is 9.73. The third-order valence-corrected chi connectivity index (χ3v) is 1.60. The Morgan fingerprint density at radius 3 is 3.00 bits per heavy atom. The summed E-state index contributed by atoms with van der Waals surface area (Å²) in [7, 11) is 3.92. The zero-order valence-corrected chi connectivity index (χ0v) is 7.87. The number of carbonyl (C=O) groups is 1. The van der Waals surface area contributed by atoms with E-state index in [1.165, 1.54) is 6.20 Å². The van der Waals surface area contributed by atoms with E-state index in [0.717, 1.165) is 6.54 Å². The molecule has 2 N–H and O–H groups in total. The van der Waals surface area contributed by atoms with Gasteiger partial charge in [-0.2, -0.15) is 5.10 Å². The summed E-state index contributed by atoms with van der Waals surface area (Å²) >= 11 is 0. The van der Waals surface area contributed by atoms with E-state index in [1.807, 2.05) is 19.0 Å². The minimum absolute atomic E-state index is 0.0874. The molecule has 1 aromatic heterocycles. The molecule has 72 valence electrons. The smallest absolute Gasteiger partial charge is 0.254 e. The number of hydrogen-bond donors (Lipinski definition) is 2. The number of carbonyl (C=O) groups excluding carboxylic acids is 1. The number of nitrogens with zero attached hydrogens (tertiary/aromatic N) is 2. The van der Waals surface area contributed by atoms with Crippen molar-refractivity contribution in [2.24, 2.45) is 0 Å². The van der Waals surface area contributed by atoms with Gasteiger partial charge in [-0.3, -0.25) is 9.89 Å². The van der Waals surface area contributed by atoms with Crippen LogP contribution in [-0.2, 0) is 0 Å². The number of hydrogen-bond acceptors (Lipinski definition) is 3. The van der Waals surface area contributed by atoms with Crippen LogP contribution in [0.5, 0.6) is 0 Å². The van der Waals surface area contributed by atoms with Gasteiger partial charge in [-0.1, -0.05) is 0 Å². The molecular formula is C8H14N4O. The first-order valence-electron chi connectivity index (χ1n) is 4.12. The molecule has 1 heterocycles. The van der Waals surface area contributed by atoms with E-state index in [-0.39, 0.29) is 5.91 Å². The molecule has 1 amide bonds. The first-order chi connectivity index (χ1) is 6.20. The van der Waals surface area contributed by atoms with E-state index in [4.69, 9.17) is 0 Å². The second kappa shape index (κ2) is 4.61. The maximum absolute atomic E-state index is 11.3. The molecule has 0 atom stereocenters. The summed E-state index contributed by atoms with van der Waals surface area (Å²) in [5.74, 6) is -0.0874. The van der Waals surface area contributed by atoms with Crippen molar-refractivity contribution in [1.82, 2.24) is 20.4 Å². The van der Waals surface area contributed by atoms with Crippen LogP contribution in [-0.4, -0.2) is 48.2 Å². The largest absolute Gasteiger partial charge is 0.351 e. The van der Waals surface area contributed by atoms with Crippen molar-refractivity contribution in [1.29, 1.82) is 0 Å². The number of H-pyrrole nitrogens is 1. The van der Waals surface area contributed by atoms with Crippen molar-refractivity contribution in [2.75, 3.05) is 27.2 Å². The highest BCUT2D eigenvalue weighted by molar-refractivity contribution is 5.93. The van der Waals surface area contributed by atoms with Gasteiger partial charge in [-0.05, 0) is 14.1 Å². The second-order valence-corrected chi connectivity index (χ2v) is 3.05. The van der Waals surface area contributed by atoms with Gasteiger partial charge in [-0.15, -0.1) is 0 Å². The van der Waals surface area contributed by atoms with Crippen LogP contribution < -0.4 is 5.32 Å². The summed E-state index contributed by atoms with van der Waals surface area (Å²) in [5, 5.41) is 9.05. The topological polar surface area (TPSA) is 61.0 Å². The Balaban J connectivity index is 2.27. The molecule has 0 saturated carbocycles. The Morgan fingerprint density at radius 2 is 2.46 bits per heavy atom. The van der Waals surface area contributed by atoms with E-state index in [0.29, 0.717) is 12.1 Å². The molecule has 0 aliphatic heterocycles. The molecule has 0 aliphatic rings. The van der Waals surface area contributed by atoms with Crippen molar-refractivity contribution in [3.63, 3.8) is 0 Å². The van der Waals surface area contributed by atoms with Crippen molar-refractivity contribution in [3.05, 3.63) is 18.0 Å². The normalized spacial score (nSPS) is 10.4. The molecule has 0 unspecified atom stereocenters. The fraction of sp³-hybridized carbons (Fsp3) is 0.500. The van der Waals surface area contributed by atoms with Gasteiger partial charge in [0.15, 0.2) is 0 Å². The fourth-order valence-corrected chi connectivity index (χ4v) is 0.870. The average molecular weight is 182 g/mol. The first-order valence-corrected chi connectivity index (χ1v) is 4.12. The Kier molecular flexibility index (Phi) is 3.45. The monoisotopic (exact) mass is 182 g/mol. The molecule has 5 heteroatoms. The number of likely N-dealkylation sites (N-methyl/N-ethyl adjacent to an activating group) is 1. The summed E-state index contributed by atoms with van der Waals surface area (Å²) in [4.78, 5) is 13.3. The van der Waals surface area contributed by atoms with Gasteiger partial charge < -0.3 is 10.2 Å². The molecule has 0 aliphatic carbocycles. The standard InChI is InChI=1S/C8H14N4O/c1-12(2)4-3-9-8(13)7-5-10-11-6-7/h5-6H,3-4H2,1-2H3,(H,9,13)(H,10,11). The number of aromatic amines is 1. The zero-order chi connectivity index (χ0) is 9.68. The van der Waals surface area contributed by atoms with Crippen LogP contribution in [0.2, 0.25) is 0 Å². The van der Waals surface area contributed by atoms with Crippen molar-refractivity contribution in [3.8, 4) is 0 Å². The number of rotatable bonds is 4. The van der Waals surface area contributed by atoms with E-state index in [9.17, 15) is 4.79 Å². The Labute approximate surface area is 77.1 Å². The fourth-order valence-electron chi connectivity index (χ4n) is 0.870. The van der Waals surface area contributed by atoms with Gasteiger partial charge in [0, 0.05) is 19.3 Å². The molecule has 5 nitrogen and oxygen atoms in total. The van der Waals surface area contributed by atoms with E-state index < -0.39 is 0 Å². The molecular weight excluding hydrogens is 168 g/mol. The minimum atomic E-state index is -0.0874. The van der Waals surface area contributed by atoms with Gasteiger partial charge in [0.25, 0.3) is 5.91 Å². The van der Waals surface area contributed by atoms with Crippen LogP contribution in [0.1, 0.15) is 10.4 Å². The van der Waals surface area contributed by atoms with Crippen LogP contribution in [0.15, 0.2) is 12.4 Å². The van der Waals surface area contributed by atoms with E-state index in [2.05, 4.69) is 15.5 Å². The Bertz CT molecular complexity index is 255. The van der Waals surface area contributed by atoms with E-state index in [1.54, 1.807) is 6.20 Å². The Hall–Kier alpha value is -1.36. The summed E-state index contributed by atoms with van der Waals surface area (Å²) in [5.41, 5.74) is 0.568. The predicted molar refractivity (Wildman–Crippen MR) is 49.5 cm³/mol. The van der Waals surface area contributed by atoms with Crippen molar-refractivity contribution >= 4 is 5.91 Å². The zero-order valence-electron chi connectivity index (χ0n) is 7.87. The van der Waals surface area contributed by atoms with Gasteiger partial charge in [-0.25, -0.2) is 0 Å². The maximum atomic E-state index is 11.3. The van der Waals surface area contributed by atoms with Crippen molar-refractivity contribution in [2.45, 2.75) is 0 Å². The van der Waals surface area contributed by atoms with Crippen LogP contribution in [0, 0.1) is 0 Å². The highest BCUT2D eigenvalue weighted by Gasteiger charge is 2.04. The molecule has 0 radical (unpaired) electrons. The van der Waals surface area contributed by atoms with Crippen LogP contribution in [0.4, 0.5) is 0 Å². The SMILES string of the molecule is CN(C)CCNC(=O)c1cn[nH]c1. The molecule has 0 spiro atoms. The summed E-state index contributed by atoms with van der Waals surface area (Å²) in [6.45, 7) is 1.49. The van der Waals surface area contributed by atoms with Crippen LogP contribution in [0.3, 0.4) is 0 Å². The summed E-state index contributed by atoms with van der Waals surface area (Å²) in [6, 6.07) is 0. The molecule has 0 aromatic carbocycles. The summed E-state index contributed by atoms with van der Waals surface area (Å²) in [6.07, 6.45) is 3.08. The summed E-state index contributed by atoms with van der Waals surface area (Å²) < 4.78 is 0. The highest BCUT2D eigenvalue weighted by Crippen LogP contribution is 1.91. The lowest BCUT2D eigenvalue weighted by molar-refractivity contribution is 0.0951. The molecule has 0 saturated heterocycles. The Morgan fingerprint density at radius 1 is 1.69 bits per heavy atom. The second-order valence-electron chi connectivity index (χ2n) is 3.05. The number of aromatic nitrogens is 2. The van der Waals surface area contributed by atoms with Gasteiger partial charge in [0.1, 0.15) is 0 Å². The quantitative estimate of drug-likeness (QED) is 0.672. The average Bonchev–Trinajstić information content (AvgIpc) is 2.55. The lowest BCUT2D eigenvalue weighted by atomic mass is 10.3. The van der Waals surface area contributed by atoms with Crippen molar-refractivity contribution < 1.29 is 4.79 Å². The maximum Gasteiger partial charge on any atom is 0.254 e. The predicted octanol–water partition coefficient (Wildman–Crippen LogP) is -0.299. The highest BCUT2D eigenvalue weighted by atomic mass is 16.1. The number of nitrogens with one attached hydrogen (secondary N) is 2. The molecule has 1 aromatic rings. The lowest BCUT2D eigenvalue weighted by Crippen LogP contribution is -2.31. The molecule has 1 rings (SSSR count). The third kappa shape index (κ3) is 3.25. The third-order valence-electron chi connectivity index (χ3n) is 1.60. The van der Waals surface area contributed by atoms with Gasteiger partial charge in [0.05, 0.1) is 11.8 Å². The minimum Gasteiger partial charge on any atom is -0.351 e. The van der Waals surface area contributed by atoms with Crippen LogP contribution in [0.25, 0.3) is 0 Å². The lowest BCUT2D eigenvalue weighted by Gasteiger charge is -2.09.